The van der Waals surface area contributed by atoms with Crippen molar-refractivity contribution in [3.63, 3.8) is 0 Å². The van der Waals surface area contributed by atoms with E-state index in [1.54, 1.807) is 0 Å². The van der Waals surface area contributed by atoms with Crippen molar-refractivity contribution < 1.29 is 0 Å². The van der Waals surface area contributed by atoms with Crippen LogP contribution in [-0.4, -0.2) is 24.5 Å². The van der Waals surface area contributed by atoms with E-state index >= 15 is 0 Å². The normalized spacial score (nSPS) is 8.62. The zero-order chi connectivity index (χ0) is 9.94. The summed E-state index contributed by atoms with van der Waals surface area (Å²) >= 11 is 0. The van der Waals surface area contributed by atoms with Crippen LogP contribution < -0.4 is 0 Å². The third-order valence-electron chi connectivity index (χ3n) is 1.81. The molecule has 72 valence electrons. The van der Waals surface area contributed by atoms with Gasteiger partial charge in [-0.3, -0.25) is 4.90 Å². The predicted molar refractivity (Wildman–Crippen MR) is 58.2 cm³/mol. The van der Waals surface area contributed by atoms with Crippen LogP contribution in [0.4, 0.5) is 0 Å². The highest BCUT2D eigenvalue weighted by molar-refractivity contribution is 5.26. The quantitative estimate of drug-likeness (QED) is 0.595. The van der Waals surface area contributed by atoms with Crippen LogP contribution in [-0.2, 0) is 0 Å². The average Bonchev–Trinajstić information content (AvgIpc) is 2.17. The van der Waals surface area contributed by atoms with E-state index in [-0.39, 0.29) is 0 Å². The van der Waals surface area contributed by atoms with Gasteiger partial charge in [-0.05, 0) is 31.4 Å². The molecule has 0 aromatic carbocycles. The Morgan fingerprint density at radius 3 is 2.08 bits per heavy atom. The minimum absolute atomic E-state index is 0.841. The van der Waals surface area contributed by atoms with Crippen LogP contribution in [0.15, 0.2) is 0 Å². The van der Waals surface area contributed by atoms with Crippen molar-refractivity contribution in [2.24, 2.45) is 0 Å². The lowest BCUT2D eigenvalue weighted by atomic mass is 10.3. The van der Waals surface area contributed by atoms with E-state index in [0.29, 0.717) is 0 Å². The maximum atomic E-state index is 3.05. The maximum Gasteiger partial charge on any atom is 0.0611 e. The summed E-state index contributed by atoms with van der Waals surface area (Å²) < 4.78 is 0. The Morgan fingerprint density at radius 1 is 0.923 bits per heavy atom. The number of hydrogen-bond acceptors (Lipinski definition) is 1. The highest BCUT2D eigenvalue weighted by atomic mass is 15.1. The minimum Gasteiger partial charge on any atom is -0.293 e. The highest BCUT2D eigenvalue weighted by Crippen LogP contribution is 1.83. The lowest BCUT2D eigenvalue weighted by Crippen LogP contribution is -2.22. The molecule has 0 bridgehead atoms. The van der Waals surface area contributed by atoms with Gasteiger partial charge in [0.05, 0.1) is 6.54 Å². The van der Waals surface area contributed by atoms with E-state index in [1.807, 2.05) is 0 Å². The van der Waals surface area contributed by atoms with Gasteiger partial charge in [-0.1, -0.05) is 32.6 Å². The zero-order valence-corrected chi connectivity index (χ0v) is 8.98. The lowest BCUT2D eigenvalue weighted by Gasteiger charge is -2.12. The molecule has 0 aliphatic rings. The van der Waals surface area contributed by atoms with Crippen LogP contribution in [0.3, 0.4) is 0 Å². The van der Waals surface area contributed by atoms with Crippen LogP contribution in [0.25, 0.3) is 0 Å². The van der Waals surface area contributed by atoms with E-state index in [0.717, 1.165) is 32.5 Å². The van der Waals surface area contributed by atoms with Crippen molar-refractivity contribution in [2.75, 3.05) is 19.6 Å². The van der Waals surface area contributed by atoms with Crippen LogP contribution >= 0.6 is 0 Å². The first-order chi connectivity index (χ1) is 6.35. The second-order valence-electron chi connectivity index (χ2n) is 2.81. The third-order valence-corrected chi connectivity index (χ3v) is 1.81. The highest BCUT2D eigenvalue weighted by Gasteiger charge is 1.92. The summed E-state index contributed by atoms with van der Waals surface area (Å²) in [5.74, 6) is 11.8. The van der Waals surface area contributed by atoms with Crippen LogP contribution in [0.2, 0.25) is 0 Å². The molecule has 13 heavy (non-hydrogen) atoms. The molecule has 0 N–H and O–H groups in total. The van der Waals surface area contributed by atoms with Gasteiger partial charge in [0.2, 0.25) is 0 Å². The standard InChI is InChI=1S/C12H19N/c1-4-7-8-9-10-11-12-13(5-2)6-3/h4-7,12H2,1-3H3. The molecule has 0 spiro atoms. The molecule has 0 atom stereocenters. The molecule has 0 unspecified atom stereocenters. The molecule has 0 fully saturated rings. The van der Waals surface area contributed by atoms with Crippen molar-refractivity contribution in [3.8, 4) is 23.7 Å². The Hall–Kier alpha value is -0.920. The van der Waals surface area contributed by atoms with Gasteiger partial charge in [0.25, 0.3) is 0 Å². The topological polar surface area (TPSA) is 3.24 Å². The monoisotopic (exact) mass is 177 g/mol. The van der Waals surface area contributed by atoms with E-state index in [9.17, 15) is 0 Å². The van der Waals surface area contributed by atoms with Crippen molar-refractivity contribution in [1.82, 2.24) is 4.90 Å². The molecule has 1 heteroatoms. The van der Waals surface area contributed by atoms with E-state index in [1.165, 1.54) is 0 Å². The summed E-state index contributed by atoms with van der Waals surface area (Å²) in [4.78, 5) is 2.27. The lowest BCUT2D eigenvalue weighted by molar-refractivity contribution is 0.342. The summed E-state index contributed by atoms with van der Waals surface area (Å²) in [6.45, 7) is 9.38. The first-order valence-electron chi connectivity index (χ1n) is 5.03. The van der Waals surface area contributed by atoms with Gasteiger partial charge < -0.3 is 0 Å². The largest absolute Gasteiger partial charge is 0.293 e. The van der Waals surface area contributed by atoms with Crippen molar-refractivity contribution in [3.05, 3.63) is 0 Å². The Bertz CT molecular complexity index is 217. The van der Waals surface area contributed by atoms with Gasteiger partial charge in [-0.2, -0.15) is 0 Å². The summed E-state index contributed by atoms with van der Waals surface area (Å²) in [7, 11) is 0. The first-order valence-corrected chi connectivity index (χ1v) is 5.03. The smallest absolute Gasteiger partial charge is 0.0611 e. The van der Waals surface area contributed by atoms with E-state index < -0.39 is 0 Å². The number of unbranched alkanes of at least 4 members (excludes halogenated alkanes) is 1. The molecule has 1 nitrogen and oxygen atoms in total. The number of hydrogen-bond donors (Lipinski definition) is 0. The van der Waals surface area contributed by atoms with Crippen molar-refractivity contribution in [1.29, 1.82) is 0 Å². The Labute approximate surface area is 82.5 Å². The number of rotatable bonds is 4. The predicted octanol–water partition coefficient (Wildman–Crippen LogP) is 2.14. The SMILES string of the molecule is CCCC#CC#CCN(CC)CC. The molecule has 0 heterocycles. The Kier molecular flexibility index (Phi) is 8.52. The zero-order valence-electron chi connectivity index (χ0n) is 8.98. The second-order valence-corrected chi connectivity index (χ2v) is 2.81. The molecule has 0 radical (unpaired) electrons. The van der Waals surface area contributed by atoms with Gasteiger partial charge in [0.1, 0.15) is 0 Å². The first kappa shape index (κ1) is 12.1. The molecular weight excluding hydrogens is 158 g/mol. The fraction of sp³-hybridized carbons (Fsp3) is 0.667. The summed E-state index contributed by atoms with van der Waals surface area (Å²) in [5, 5.41) is 0. The van der Waals surface area contributed by atoms with Gasteiger partial charge in [-0.15, -0.1) is 0 Å². The average molecular weight is 177 g/mol. The van der Waals surface area contributed by atoms with Crippen molar-refractivity contribution in [2.45, 2.75) is 33.6 Å². The van der Waals surface area contributed by atoms with Crippen LogP contribution in [0, 0.1) is 23.7 Å². The van der Waals surface area contributed by atoms with Crippen molar-refractivity contribution >= 4 is 0 Å². The molecule has 0 rings (SSSR count). The number of nitrogens with zero attached hydrogens (tertiary/aromatic N) is 1. The molecule has 0 aromatic rings. The van der Waals surface area contributed by atoms with Crippen LogP contribution in [0.1, 0.15) is 33.6 Å². The fourth-order valence-electron chi connectivity index (χ4n) is 0.874. The van der Waals surface area contributed by atoms with E-state index in [2.05, 4.69) is 49.4 Å². The Morgan fingerprint density at radius 2 is 1.54 bits per heavy atom. The molecule has 0 aliphatic carbocycles. The van der Waals surface area contributed by atoms with Gasteiger partial charge in [-0.25, -0.2) is 0 Å². The molecule has 0 amide bonds. The molecule has 0 saturated heterocycles. The maximum absolute atomic E-state index is 3.05. The minimum atomic E-state index is 0.841. The molecular formula is C12H19N. The second kappa shape index (κ2) is 9.17. The van der Waals surface area contributed by atoms with E-state index in [4.69, 9.17) is 0 Å². The van der Waals surface area contributed by atoms with Gasteiger partial charge in [0.15, 0.2) is 0 Å². The summed E-state index contributed by atoms with van der Waals surface area (Å²) in [6.07, 6.45) is 2.07. The van der Waals surface area contributed by atoms with Gasteiger partial charge >= 0.3 is 0 Å². The molecule has 0 aliphatic heterocycles. The Balaban J connectivity index is 3.67. The van der Waals surface area contributed by atoms with Crippen LogP contribution in [0.5, 0.6) is 0 Å². The third kappa shape index (κ3) is 7.44. The van der Waals surface area contributed by atoms with Gasteiger partial charge in [0, 0.05) is 6.42 Å². The fourth-order valence-corrected chi connectivity index (χ4v) is 0.874. The molecule has 0 saturated carbocycles. The summed E-state index contributed by atoms with van der Waals surface area (Å²) in [5.41, 5.74) is 0. The summed E-state index contributed by atoms with van der Waals surface area (Å²) in [6, 6.07) is 0. The molecule has 0 aromatic heterocycles.